The Morgan fingerprint density at radius 3 is 2.11 bits per heavy atom. The molecule has 2 atom stereocenters. The molecule has 2 unspecified atom stereocenters. The van der Waals surface area contributed by atoms with Crippen LogP contribution in [0.2, 0.25) is 0 Å². The van der Waals surface area contributed by atoms with Crippen molar-refractivity contribution in [1.29, 1.82) is 0 Å². The van der Waals surface area contributed by atoms with E-state index in [1.165, 1.54) is 5.56 Å². The Morgan fingerprint density at radius 2 is 1.74 bits per heavy atom. The summed E-state index contributed by atoms with van der Waals surface area (Å²) in [5.41, 5.74) is 1.02. The Balaban J connectivity index is 3.26. The van der Waals surface area contributed by atoms with E-state index in [2.05, 4.69) is 71.7 Å². The second-order valence-electron chi connectivity index (χ2n) is 6.00. The van der Waals surface area contributed by atoms with E-state index in [-0.39, 0.29) is 17.5 Å². The van der Waals surface area contributed by atoms with Gasteiger partial charge >= 0.3 is 5.91 Å². The summed E-state index contributed by atoms with van der Waals surface area (Å²) in [5, 5.41) is 0.377. The minimum Gasteiger partial charge on any atom is -0.252 e. The molecule has 0 radical (unpaired) electrons. The standard InChI is InChI=1S/C15H22Br2NO/c1-11(12-6-8-13(17)9-7-12)18(5,14(19)10-16)15(2,3)4/h6-9,11H,10H2,1-5H3/q+1. The average Bonchev–Trinajstić information content (AvgIpc) is 2.35. The molecule has 0 aliphatic rings. The fourth-order valence-corrected chi connectivity index (χ4v) is 3.12. The van der Waals surface area contributed by atoms with Crippen molar-refractivity contribution in [2.45, 2.75) is 39.3 Å². The van der Waals surface area contributed by atoms with E-state index in [4.69, 9.17) is 0 Å². The van der Waals surface area contributed by atoms with Crippen molar-refractivity contribution in [3.05, 3.63) is 34.3 Å². The molecule has 0 saturated heterocycles. The zero-order valence-corrected chi connectivity index (χ0v) is 15.4. The summed E-state index contributed by atoms with van der Waals surface area (Å²) < 4.78 is 1.43. The highest BCUT2D eigenvalue weighted by atomic mass is 79.9. The van der Waals surface area contributed by atoms with Crippen LogP contribution in [-0.2, 0) is 4.79 Å². The van der Waals surface area contributed by atoms with Crippen molar-refractivity contribution in [3.8, 4) is 0 Å². The lowest BCUT2D eigenvalue weighted by molar-refractivity contribution is -0.909. The molecular formula is C15H22Br2NO+. The Labute approximate surface area is 133 Å². The van der Waals surface area contributed by atoms with Crippen LogP contribution in [0, 0.1) is 0 Å². The lowest BCUT2D eigenvalue weighted by Gasteiger charge is -2.47. The highest BCUT2D eigenvalue weighted by Crippen LogP contribution is 2.36. The molecule has 0 aromatic heterocycles. The predicted octanol–water partition coefficient (Wildman–Crippen LogP) is 4.68. The van der Waals surface area contributed by atoms with Crippen LogP contribution < -0.4 is 0 Å². The number of amides is 1. The Hall–Kier alpha value is -0.190. The number of hydrogen-bond acceptors (Lipinski definition) is 1. The third-order valence-corrected chi connectivity index (χ3v) is 5.16. The minimum atomic E-state index is -0.155. The van der Waals surface area contributed by atoms with Crippen LogP contribution in [0.1, 0.15) is 39.3 Å². The summed E-state index contributed by atoms with van der Waals surface area (Å²) in [6, 6.07) is 8.32. The second kappa shape index (κ2) is 6.06. The monoisotopic (exact) mass is 390 g/mol. The summed E-state index contributed by atoms with van der Waals surface area (Å²) >= 11 is 6.77. The molecule has 0 heterocycles. The van der Waals surface area contributed by atoms with E-state index < -0.39 is 0 Å². The summed E-state index contributed by atoms with van der Waals surface area (Å²) in [4.78, 5) is 12.5. The molecule has 19 heavy (non-hydrogen) atoms. The van der Waals surface area contributed by atoms with Gasteiger partial charge in [-0.05, 0) is 39.8 Å². The van der Waals surface area contributed by atoms with Crippen LogP contribution in [0.5, 0.6) is 0 Å². The van der Waals surface area contributed by atoms with Crippen LogP contribution in [-0.4, -0.2) is 28.3 Å². The molecule has 1 aromatic rings. The van der Waals surface area contributed by atoms with Gasteiger partial charge in [-0.3, -0.25) is 4.48 Å². The fourth-order valence-electron chi connectivity index (χ4n) is 2.33. The van der Waals surface area contributed by atoms with Gasteiger partial charge in [-0.15, -0.1) is 0 Å². The SMILES string of the molecule is CC(c1ccc(Br)cc1)[N+](C)(C(=O)CBr)C(C)(C)C. The van der Waals surface area contributed by atoms with Gasteiger partial charge in [0.05, 0.1) is 12.6 Å². The number of carbonyl (C=O) groups is 1. The van der Waals surface area contributed by atoms with Gasteiger partial charge in [0.1, 0.15) is 11.4 Å². The lowest BCUT2D eigenvalue weighted by Crippen LogP contribution is -2.62. The Morgan fingerprint density at radius 1 is 1.26 bits per heavy atom. The highest BCUT2D eigenvalue weighted by molar-refractivity contribution is 9.10. The van der Waals surface area contributed by atoms with Gasteiger partial charge in [0.25, 0.3) is 0 Å². The van der Waals surface area contributed by atoms with Crippen molar-refractivity contribution in [2.24, 2.45) is 0 Å². The van der Waals surface area contributed by atoms with Gasteiger partial charge < -0.3 is 0 Å². The molecule has 0 bridgehead atoms. The molecule has 1 rings (SSSR count). The quantitative estimate of drug-likeness (QED) is 0.540. The van der Waals surface area contributed by atoms with E-state index in [1.807, 2.05) is 19.2 Å². The normalized spacial score (nSPS) is 16.8. The van der Waals surface area contributed by atoms with Gasteiger partial charge in [-0.25, -0.2) is 4.79 Å². The summed E-state index contributed by atoms with van der Waals surface area (Å²) in [7, 11) is 2.02. The van der Waals surface area contributed by atoms with Crippen LogP contribution in [0.15, 0.2) is 28.7 Å². The van der Waals surface area contributed by atoms with Gasteiger partial charge in [-0.2, -0.15) is 0 Å². The van der Waals surface area contributed by atoms with Crippen molar-refractivity contribution >= 4 is 37.8 Å². The van der Waals surface area contributed by atoms with Crippen LogP contribution in [0.3, 0.4) is 0 Å². The van der Waals surface area contributed by atoms with Gasteiger partial charge in [-0.1, -0.05) is 44.0 Å². The molecule has 0 N–H and O–H groups in total. The number of alkyl halides is 1. The first kappa shape index (κ1) is 16.9. The number of hydrogen-bond donors (Lipinski definition) is 0. The highest BCUT2D eigenvalue weighted by Gasteiger charge is 2.47. The Bertz CT molecular complexity index is 450. The van der Waals surface area contributed by atoms with Crippen LogP contribution in [0.25, 0.3) is 0 Å². The number of halogens is 2. The molecule has 106 valence electrons. The summed E-state index contributed by atoms with van der Waals surface area (Å²) in [6.07, 6.45) is 0. The third-order valence-electron chi connectivity index (χ3n) is 4.15. The summed E-state index contributed by atoms with van der Waals surface area (Å²) in [5.74, 6) is 0.197. The maximum absolute atomic E-state index is 12.5. The molecule has 0 aliphatic heterocycles. The van der Waals surface area contributed by atoms with E-state index >= 15 is 0 Å². The largest absolute Gasteiger partial charge is 0.325 e. The van der Waals surface area contributed by atoms with Gasteiger partial charge in [0.15, 0.2) is 0 Å². The number of rotatable bonds is 3. The molecule has 4 heteroatoms. The number of benzene rings is 1. The molecule has 0 spiro atoms. The average molecular weight is 392 g/mol. The van der Waals surface area contributed by atoms with Crippen molar-refractivity contribution < 1.29 is 9.28 Å². The van der Waals surface area contributed by atoms with Gasteiger partial charge in [0, 0.05) is 10.0 Å². The Kier molecular flexibility index (Phi) is 5.38. The predicted molar refractivity (Wildman–Crippen MR) is 87.3 cm³/mol. The smallest absolute Gasteiger partial charge is 0.252 e. The first-order valence-corrected chi connectivity index (χ1v) is 8.27. The first-order chi connectivity index (χ1) is 8.64. The van der Waals surface area contributed by atoms with Crippen LogP contribution >= 0.6 is 31.9 Å². The second-order valence-corrected chi connectivity index (χ2v) is 7.48. The zero-order valence-electron chi connectivity index (χ0n) is 12.2. The molecule has 0 aliphatic carbocycles. The van der Waals surface area contributed by atoms with Gasteiger partial charge in [0.2, 0.25) is 0 Å². The lowest BCUT2D eigenvalue weighted by atomic mass is 9.94. The number of quaternary nitrogens is 1. The maximum Gasteiger partial charge on any atom is 0.325 e. The van der Waals surface area contributed by atoms with E-state index in [0.29, 0.717) is 9.81 Å². The summed E-state index contributed by atoms with van der Waals surface area (Å²) in [6.45, 7) is 8.46. The zero-order chi connectivity index (χ0) is 14.8. The molecule has 1 amide bonds. The first-order valence-electron chi connectivity index (χ1n) is 6.35. The molecule has 1 aromatic carbocycles. The van der Waals surface area contributed by atoms with Crippen molar-refractivity contribution in [2.75, 3.05) is 12.4 Å². The number of nitrogens with zero attached hydrogens (tertiary/aromatic N) is 1. The molecule has 2 nitrogen and oxygen atoms in total. The van der Waals surface area contributed by atoms with E-state index in [1.54, 1.807) is 0 Å². The van der Waals surface area contributed by atoms with Crippen molar-refractivity contribution in [1.82, 2.24) is 0 Å². The molecule has 0 saturated carbocycles. The maximum atomic E-state index is 12.5. The number of carbonyl (C=O) groups excluding carboxylic acids is 1. The molecular weight excluding hydrogens is 370 g/mol. The topological polar surface area (TPSA) is 17.1 Å². The minimum absolute atomic E-state index is 0.109. The molecule has 0 fully saturated rings. The van der Waals surface area contributed by atoms with E-state index in [0.717, 1.165) is 4.47 Å². The fraction of sp³-hybridized carbons (Fsp3) is 0.533. The van der Waals surface area contributed by atoms with Crippen LogP contribution in [0.4, 0.5) is 0 Å². The van der Waals surface area contributed by atoms with Crippen molar-refractivity contribution in [3.63, 3.8) is 0 Å². The third kappa shape index (κ3) is 3.29. The van der Waals surface area contributed by atoms with E-state index in [9.17, 15) is 4.79 Å².